The minimum Gasteiger partial charge on any atom is -0.494 e. The molecule has 9 nitrogen and oxygen atoms in total. The molecule has 1 aliphatic rings. The molecule has 3 aromatic heterocycles. The van der Waals surface area contributed by atoms with E-state index in [1.54, 1.807) is 18.3 Å². The number of nitrogens with zero attached hydrogens (tertiary/aromatic N) is 4. The number of benzene rings is 1. The van der Waals surface area contributed by atoms with Crippen LogP contribution in [0.4, 0.5) is 4.39 Å². The van der Waals surface area contributed by atoms with Gasteiger partial charge < -0.3 is 19.5 Å². The predicted molar refractivity (Wildman–Crippen MR) is 125 cm³/mol. The number of carbonyl (C=O) groups is 1. The molecule has 35 heavy (non-hydrogen) atoms. The molecule has 0 spiro atoms. The minimum absolute atomic E-state index is 0.0203. The summed E-state index contributed by atoms with van der Waals surface area (Å²) in [5.41, 5.74) is 1.52. The van der Waals surface area contributed by atoms with E-state index >= 15 is 0 Å². The lowest BCUT2D eigenvalue weighted by Crippen LogP contribution is -2.49. The second kappa shape index (κ2) is 7.78. The second-order valence-corrected chi connectivity index (χ2v) is 9.74. The molecule has 0 aliphatic heterocycles. The number of pyridine rings is 1. The van der Waals surface area contributed by atoms with Crippen molar-refractivity contribution in [2.75, 3.05) is 7.11 Å². The molecule has 1 aliphatic carbocycles. The predicted octanol–water partition coefficient (Wildman–Crippen LogP) is 3.93. The van der Waals surface area contributed by atoms with E-state index in [4.69, 9.17) is 9.72 Å². The van der Waals surface area contributed by atoms with Crippen molar-refractivity contribution < 1.29 is 24.1 Å². The van der Waals surface area contributed by atoms with Gasteiger partial charge in [-0.1, -0.05) is 13.8 Å². The average Bonchev–Trinajstić information content (AvgIpc) is 3.37. The molecule has 1 aromatic carbocycles. The van der Waals surface area contributed by atoms with Crippen molar-refractivity contribution in [2.45, 2.75) is 50.0 Å². The summed E-state index contributed by atoms with van der Waals surface area (Å²) in [6.07, 6.45) is 1.86. The quantitative estimate of drug-likeness (QED) is 0.383. The first-order valence-electron chi connectivity index (χ1n) is 11.1. The number of H-pyrrole nitrogens is 1. The highest BCUT2D eigenvalue weighted by Gasteiger charge is 2.52. The third kappa shape index (κ3) is 3.42. The van der Waals surface area contributed by atoms with Gasteiger partial charge in [0.1, 0.15) is 0 Å². The number of methoxy groups -OCH3 is 1. The van der Waals surface area contributed by atoms with E-state index in [1.165, 1.54) is 13.2 Å². The lowest BCUT2D eigenvalue weighted by atomic mass is 9.66. The summed E-state index contributed by atoms with van der Waals surface area (Å²) in [5, 5.41) is 37.3. The summed E-state index contributed by atoms with van der Waals surface area (Å²) < 4.78 is 21.4. The number of aromatic amines is 1. The number of fused-ring (bicyclic) bond motifs is 2. The highest BCUT2D eigenvalue weighted by atomic mass is 19.1. The number of halogens is 1. The number of hydrogen-bond donors (Lipinski definition) is 3. The zero-order valence-electron chi connectivity index (χ0n) is 19.5. The third-order valence-corrected chi connectivity index (χ3v) is 6.91. The summed E-state index contributed by atoms with van der Waals surface area (Å²) in [4.78, 5) is 16.4. The molecule has 10 heteroatoms. The van der Waals surface area contributed by atoms with Crippen molar-refractivity contribution in [3.63, 3.8) is 0 Å². The van der Waals surface area contributed by atoms with Gasteiger partial charge in [-0.25, -0.2) is 14.2 Å². The molecule has 0 atom stereocenters. The summed E-state index contributed by atoms with van der Waals surface area (Å²) in [6.45, 7) is 3.86. The molecule has 4 aromatic rings. The van der Waals surface area contributed by atoms with Crippen molar-refractivity contribution in [3.05, 3.63) is 47.5 Å². The van der Waals surface area contributed by atoms with Gasteiger partial charge in [-0.3, -0.25) is 5.10 Å². The van der Waals surface area contributed by atoms with Crippen molar-refractivity contribution >= 4 is 28.0 Å². The monoisotopic (exact) mass is 477 g/mol. The number of carboxylic acids is 1. The highest BCUT2D eigenvalue weighted by molar-refractivity contribution is 5.94. The van der Waals surface area contributed by atoms with Crippen LogP contribution in [0.2, 0.25) is 0 Å². The van der Waals surface area contributed by atoms with Crippen LogP contribution in [0.3, 0.4) is 0 Å². The second-order valence-electron chi connectivity index (χ2n) is 9.74. The van der Waals surface area contributed by atoms with Gasteiger partial charge in [-0.2, -0.15) is 10.4 Å². The Labute approximate surface area is 199 Å². The Kier molecular flexibility index (Phi) is 5.07. The molecule has 0 amide bonds. The molecule has 1 saturated carbocycles. The first-order chi connectivity index (χ1) is 16.6. The maximum absolute atomic E-state index is 14.3. The first-order valence-corrected chi connectivity index (χ1v) is 11.1. The number of rotatable bonds is 6. The molecule has 3 N–H and O–H groups in total. The number of hydrogen-bond acceptors (Lipinski definition) is 6. The number of nitriles is 1. The Hall–Kier alpha value is -3.97. The van der Waals surface area contributed by atoms with Crippen LogP contribution in [-0.2, 0) is 10.2 Å². The molecule has 0 bridgehead atoms. The zero-order valence-corrected chi connectivity index (χ0v) is 19.5. The van der Waals surface area contributed by atoms with Gasteiger partial charge in [-0.15, -0.1) is 0 Å². The van der Waals surface area contributed by atoms with Crippen LogP contribution in [0, 0.1) is 17.1 Å². The summed E-state index contributed by atoms with van der Waals surface area (Å²) in [6, 6.07) is 8.68. The van der Waals surface area contributed by atoms with Gasteiger partial charge in [0.05, 0.1) is 30.4 Å². The largest absolute Gasteiger partial charge is 0.494 e. The Balaban J connectivity index is 1.87. The Morgan fingerprint density at radius 1 is 1.40 bits per heavy atom. The topological polar surface area (TPSA) is 137 Å². The Morgan fingerprint density at radius 3 is 2.80 bits per heavy atom. The van der Waals surface area contributed by atoms with Crippen LogP contribution in [-0.4, -0.2) is 48.6 Å². The van der Waals surface area contributed by atoms with E-state index in [2.05, 4.69) is 16.3 Å². The fourth-order valence-electron chi connectivity index (χ4n) is 5.12. The molecule has 0 unspecified atom stereocenters. The number of nitrogens with one attached hydrogen (secondary N) is 1. The lowest BCUT2D eigenvalue weighted by Gasteiger charge is -2.41. The number of ether oxygens (including phenoxy) is 1. The number of aliphatic carboxylic acids is 1. The van der Waals surface area contributed by atoms with Gasteiger partial charge in [0, 0.05) is 40.2 Å². The Morgan fingerprint density at radius 2 is 2.14 bits per heavy atom. The lowest BCUT2D eigenvalue weighted by molar-refractivity contribution is -0.169. The zero-order chi connectivity index (χ0) is 25.1. The van der Waals surface area contributed by atoms with E-state index in [0.29, 0.717) is 22.4 Å². The van der Waals surface area contributed by atoms with Crippen molar-refractivity contribution in [3.8, 4) is 17.5 Å². The summed E-state index contributed by atoms with van der Waals surface area (Å²) >= 11 is 0. The van der Waals surface area contributed by atoms with Crippen LogP contribution in [0.15, 0.2) is 30.5 Å². The minimum atomic E-state index is -1.81. The standard InChI is InChI=1S/C25H24FN5O4/c1-24(2,6-7-27)21-19(14-10-25(34,11-14)23(32)33)20-17(8-13-12-28-30-22(13)29-20)31(21)15-4-5-16(26)18(9-15)35-3/h4-5,8-9,12,14,34H,6,10-11H2,1-3H3,(H,32,33)(H,28,29,30)/t14-,25+. The number of aromatic nitrogens is 4. The average molecular weight is 477 g/mol. The molecule has 0 radical (unpaired) electrons. The molecule has 1 fully saturated rings. The van der Waals surface area contributed by atoms with Gasteiger partial charge >= 0.3 is 5.97 Å². The summed E-state index contributed by atoms with van der Waals surface area (Å²) in [5.74, 6) is -2.01. The van der Waals surface area contributed by atoms with Gasteiger partial charge in [0.2, 0.25) is 0 Å². The molecule has 180 valence electrons. The third-order valence-electron chi connectivity index (χ3n) is 6.91. The van der Waals surface area contributed by atoms with Crippen molar-refractivity contribution in [1.29, 1.82) is 5.26 Å². The number of aliphatic hydroxyl groups is 1. The first kappa shape index (κ1) is 22.8. The van der Waals surface area contributed by atoms with Crippen LogP contribution in [0.1, 0.15) is 50.3 Å². The van der Waals surface area contributed by atoms with Gasteiger partial charge in [-0.05, 0) is 37.0 Å². The SMILES string of the molecule is COc1cc(-n2c(C(C)(C)CC#N)c([C@H]3C[C@](O)(C(=O)O)C3)c3nc4[nH]ncc4cc32)ccc1F. The van der Waals surface area contributed by atoms with Crippen LogP contribution >= 0.6 is 0 Å². The molecule has 0 saturated heterocycles. The summed E-state index contributed by atoms with van der Waals surface area (Å²) in [7, 11) is 1.39. The maximum atomic E-state index is 14.3. The van der Waals surface area contributed by atoms with E-state index in [0.717, 1.165) is 16.6 Å². The van der Waals surface area contributed by atoms with E-state index in [1.807, 2.05) is 24.5 Å². The van der Waals surface area contributed by atoms with E-state index < -0.39 is 22.8 Å². The van der Waals surface area contributed by atoms with E-state index in [9.17, 15) is 24.7 Å². The smallest absolute Gasteiger partial charge is 0.335 e. The molecule has 5 rings (SSSR count). The van der Waals surface area contributed by atoms with Crippen molar-refractivity contribution in [2.24, 2.45) is 0 Å². The van der Waals surface area contributed by atoms with E-state index in [-0.39, 0.29) is 30.9 Å². The van der Waals surface area contributed by atoms with Gasteiger partial charge in [0.15, 0.2) is 22.8 Å². The van der Waals surface area contributed by atoms with Crippen LogP contribution in [0.5, 0.6) is 5.75 Å². The highest BCUT2D eigenvalue weighted by Crippen LogP contribution is 2.51. The van der Waals surface area contributed by atoms with Crippen LogP contribution < -0.4 is 4.74 Å². The Bertz CT molecular complexity index is 1520. The maximum Gasteiger partial charge on any atom is 0.335 e. The molecular weight excluding hydrogens is 453 g/mol. The van der Waals surface area contributed by atoms with Crippen molar-refractivity contribution in [1.82, 2.24) is 19.7 Å². The fourth-order valence-corrected chi connectivity index (χ4v) is 5.12. The van der Waals surface area contributed by atoms with Crippen LogP contribution in [0.25, 0.3) is 27.8 Å². The van der Waals surface area contributed by atoms with Gasteiger partial charge in [0.25, 0.3) is 0 Å². The molecule has 3 heterocycles. The fraction of sp³-hybridized carbons (Fsp3) is 0.360. The normalized spacial score (nSPS) is 20.1. The molecular formula is C25H24FN5O4. The number of carboxylic acid groups (broad SMARTS) is 1.